The number of hydrogen-bond donors (Lipinski definition) is 1. The first kappa shape index (κ1) is 26.5. The maximum Gasteiger partial charge on any atom is 0.511 e. The van der Waals surface area contributed by atoms with E-state index in [2.05, 4.69) is 4.74 Å². The van der Waals surface area contributed by atoms with Gasteiger partial charge < -0.3 is 9.84 Å². The summed E-state index contributed by atoms with van der Waals surface area (Å²) in [6, 6.07) is 8.02. The second kappa shape index (κ2) is 9.72. The molecule has 13 heteroatoms. The van der Waals surface area contributed by atoms with E-state index in [1.807, 2.05) is 0 Å². The summed E-state index contributed by atoms with van der Waals surface area (Å²) in [4.78, 5) is 50.4. The first-order chi connectivity index (χ1) is 17.9. The van der Waals surface area contributed by atoms with E-state index in [-0.39, 0.29) is 22.5 Å². The van der Waals surface area contributed by atoms with Gasteiger partial charge in [0.1, 0.15) is 0 Å². The number of hydrogen-bond acceptors (Lipinski definition) is 5. The Labute approximate surface area is 212 Å². The maximum atomic E-state index is 13.5. The number of fused-ring (bicyclic) bond motifs is 1. The van der Waals surface area contributed by atoms with Crippen molar-refractivity contribution in [3.63, 3.8) is 0 Å². The number of carboxylic acid groups (broad SMARTS) is 1. The highest BCUT2D eigenvalue weighted by Crippen LogP contribution is 2.33. The monoisotopic (exact) mass is 532 g/mol. The topological polar surface area (TPSA) is 117 Å². The van der Waals surface area contributed by atoms with Crippen molar-refractivity contribution < 1.29 is 27.8 Å². The molecule has 2 aromatic heterocycles. The quantitative estimate of drug-likeness (QED) is 0.380. The zero-order chi connectivity index (χ0) is 27.9. The van der Waals surface area contributed by atoms with E-state index in [0.717, 1.165) is 22.9 Å². The molecule has 0 amide bonds. The van der Waals surface area contributed by atoms with Crippen molar-refractivity contribution in [2.24, 2.45) is 0 Å². The highest BCUT2D eigenvalue weighted by molar-refractivity contribution is 5.78. The summed E-state index contributed by atoms with van der Waals surface area (Å²) in [5.74, 6) is -0.721. The summed E-state index contributed by atoms with van der Waals surface area (Å²) in [5.41, 5.74) is -2.12. The van der Waals surface area contributed by atoms with Crippen LogP contribution in [0.3, 0.4) is 0 Å². The Hall–Kier alpha value is -4.55. The van der Waals surface area contributed by atoms with Crippen LogP contribution in [0.4, 0.5) is 18.0 Å². The van der Waals surface area contributed by atoms with Crippen LogP contribution in [-0.4, -0.2) is 29.5 Å². The van der Waals surface area contributed by atoms with Crippen LogP contribution in [0.2, 0.25) is 0 Å². The Kier molecular flexibility index (Phi) is 6.78. The van der Waals surface area contributed by atoms with E-state index in [1.165, 1.54) is 29.7 Å². The molecule has 0 unspecified atom stereocenters. The third-order valence-corrected chi connectivity index (χ3v) is 6.33. The van der Waals surface area contributed by atoms with Crippen molar-refractivity contribution >= 4 is 17.2 Å². The number of aromatic nitrogens is 4. The molecule has 0 fully saturated rings. The van der Waals surface area contributed by atoms with E-state index in [1.54, 1.807) is 24.5 Å². The Balaban J connectivity index is 1.96. The number of imidazole rings is 1. The molecule has 0 aliphatic rings. The third kappa shape index (κ3) is 4.51. The number of carbonyl (C=O) groups is 1. The minimum absolute atomic E-state index is 0.0355. The van der Waals surface area contributed by atoms with Crippen LogP contribution in [0.5, 0.6) is 5.75 Å². The molecule has 0 radical (unpaired) electrons. The SMILES string of the molecule is CCn1c(=O)n(CC)c2cc(-n3cc(OC(=O)O)c(=O)n(Cc4cccc(C(F)(F)F)c4C)c3=O)ccc21. The van der Waals surface area contributed by atoms with Crippen LogP contribution in [0.1, 0.15) is 30.5 Å². The van der Waals surface area contributed by atoms with Crippen molar-refractivity contribution in [2.45, 2.75) is 46.6 Å². The molecule has 0 aliphatic heterocycles. The van der Waals surface area contributed by atoms with Gasteiger partial charge in [-0.05, 0) is 56.2 Å². The molecule has 0 aliphatic carbocycles. The van der Waals surface area contributed by atoms with Crippen molar-refractivity contribution in [1.82, 2.24) is 18.3 Å². The molecule has 4 rings (SSSR count). The first-order valence-corrected chi connectivity index (χ1v) is 11.5. The van der Waals surface area contributed by atoms with Crippen molar-refractivity contribution in [3.05, 3.63) is 90.6 Å². The molecule has 0 atom stereocenters. The number of aryl methyl sites for hydroxylation is 2. The highest BCUT2D eigenvalue weighted by atomic mass is 19.4. The molecule has 0 spiro atoms. The molecule has 10 nitrogen and oxygen atoms in total. The fraction of sp³-hybridized carbons (Fsp3) is 0.280. The van der Waals surface area contributed by atoms with Crippen LogP contribution in [0.25, 0.3) is 16.7 Å². The molecule has 1 N–H and O–H groups in total. The summed E-state index contributed by atoms with van der Waals surface area (Å²) in [5, 5.41) is 9.12. The van der Waals surface area contributed by atoms with E-state index < -0.39 is 41.4 Å². The summed E-state index contributed by atoms with van der Waals surface area (Å²) in [6.07, 6.45) is -5.57. The Morgan fingerprint density at radius 3 is 2.21 bits per heavy atom. The van der Waals surface area contributed by atoms with Gasteiger partial charge in [0.25, 0.3) is 5.56 Å². The van der Waals surface area contributed by atoms with Crippen LogP contribution >= 0.6 is 0 Å². The third-order valence-electron chi connectivity index (χ3n) is 6.33. The van der Waals surface area contributed by atoms with Crippen molar-refractivity contribution in [2.75, 3.05) is 0 Å². The standard InChI is InChI=1S/C25H23F3N4O6/c1-4-29-18-10-9-16(11-19(18)30(5-2)22(29)34)31-13-20(38-24(36)37)21(33)32(23(31)35)12-15-7-6-8-17(14(15)3)25(26,27)28/h6-11,13H,4-5,12H2,1-3H3,(H,36,37). The molecule has 0 saturated carbocycles. The fourth-order valence-corrected chi connectivity index (χ4v) is 4.47. The van der Waals surface area contributed by atoms with Gasteiger partial charge >= 0.3 is 23.7 Å². The van der Waals surface area contributed by atoms with E-state index in [0.29, 0.717) is 28.7 Å². The molecule has 0 saturated heterocycles. The molecule has 38 heavy (non-hydrogen) atoms. The second-order valence-corrected chi connectivity index (χ2v) is 8.44. The zero-order valence-corrected chi connectivity index (χ0v) is 20.6. The van der Waals surface area contributed by atoms with Crippen molar-refractivity contribution in [3.8, 4) is 11.4 Å². The van der Waals surface area contributed by atoms with Gasteiger partial charge in [0.2, 0.25) is 5.75 Å². The lowest BCUT2D eigenvalue weighted by Gasteiger charge is -2.16. The zero-order valence-electron chi connectivity index (χ0n) is 20.6. The Bertz CT molecular complexity index is 1740. The van der Waals surface area contributed by atoms with Crippen LogP contribution in [0.15, 0.2) is 57.0 Å². The van der Waals surface area contributed by atoms with Gasteiger partial charge in [-0.25, -0.2) is 14.4 Å². The number of rotatable bonds is 6. The summed E-state index contributed by atoms with van der Waals surface area (Å²) in [7, 11) is 0. The maximum absolute atomic E-state index is 13.5. The molecule has 2 heterocycles. The van der Waals surface area contributed by atoms with E-state index >= 15 is 0 Å². The number of halogens is 3. The lowest BCUT2D eigenvalue weighted by Crippen LogP contribution is -2.40. The lowest BCUT2D eigenvalue weighted by atomic mass is 10.0. The lowest BCUT2D eigenvalue weighted by molar-refractivity contribution is -0.138. The highest BCUT2D eigenvalue weighted by Gasteiger charge is 2.33. The van der Waals surface area contributed by atoms with Crippen LogP contribution < -0.4 is 21.7 Å². The van der Waals surface area contributed by atoms with Gasteiger partial charge in [0.15, 0.2) is 0 Å². The average molecular weight is 532 g/mol. The average Bonchev–Trinajstić information content (AvgIpc) is 3.12. The summed E-state index contributed by atoms with van der Waals surface area (Å²) in [6.45, 7) is 4.96. The van der Waals surface area contributed by atoms with Gasteiger partial charge in [-0.15, -0.1) is 0 Å². The predicted octanol–water partition coefficient (Wildman–Crippen LogP) is 3.59. The number of ether oxygens (including phenoxy) is 1. The van der Waals surface area contributed by atoms with Crippen LogP contribution in [-0.2, 0) is 25.8 Å². The number of nitrogens with zero attached hydrogens (tertiary/aromatic N) is 4. The van der Waals surface area contributed by atoms with Gasteiger partial charge in [-0.3, -0.25) is 23.1 Å². The fourth-order valence-electron chi connectivity index (χ4n) is 4.47. The molecule has 0 bridgehead atoms. The Morgan fingerprint density at radius 2 is 1.61 bits per heavy atom. The number of alkyl halides is 3. The van der Waals surface area contributed by atoms with E-state index in [4.69, 9.17) is 5.11 Å². The summed E-state index contributed by atoms with van der Waals surface area (Å²) < 4.78 is 49.5. The molecule has 2 aromatic carbocycles. The van der Waals surface area contributed by atoms with Crippen molar-refractivity contribution in [1.29, 1.82) is 0 Å². The van der Waals surface area contributed by atoms with Gasteiger partial charge in [0.05, 0.1) is 35.0 Å². The first-order valence-electron chi connectivity index (χ1n) is 11.5. The predicted molar refractivity (Wildman–Crippen MR) is 131 cm³/mol. The normalized spacial score (nSPS) is 11.7. The molecule has 4 aromatic rings. The van der Waals surface area contributed by atoms with Gasteiger partial charge in [-0.2, -0.15) is 13.2 Å². The number of benzene rings is 2. The molecule has 200 valence electrons. The smallest absolute Gasteiger partial charge is 0.449 e. The molecular formula is C25H23F3N4O6. The summed E-state index contributed by atoms with van der Waals surface area (Å²) >= 11 is 0. The minimum atomic E-state index is -4.65. The van der Waals surface area contributed by atoms with Crippen LogP contribution in [0, 0.1) is 6.92 Å². The second-order valence-electron chi connectivity index (χ2n) is 8.44. The van der Waals surface area contributed by atoms with Gasteiger partial charge in [-0.1, -0.05) is 12.1 Å². The largest absolute Gasteiger partial charge is 0.511 e. The minimum Gasteiger partial charge on any atom is -0.449 e. The molecular weight excluding hydrogens is 509 g/mol. The Morgan fingerprint density at radius 1 is 0.947 bits per heavy atom. The van der Waals surface area contributed by atoms with E-state index in [9.17, 15) is 32.3 Å². The van der Waals surface area contributed by atoms with Gasteiger partial charge in [0, 0.05) is 13.1 Å².